The van der Waals surface area contributed by atoms with Crippen molar-refractivity contribution in [3.63, 3.8) is 0 Å². The molecule has 2 aromatic carbocycles. The van der Waals surface area contributed by atoms with E-state index in [0.29, 0.717) is 0 Å². The van der Waals surface area contributed by atoms with Gasteiger partial charge in [-0.1, -0.05) is 24.3 Å². The maximum Gasteiger partial charge on any atom is 0.141 e. The molecule has 4 heteroatoms. The summed E-state index contributed by atoms with van der Waals surface area (Å²) < 4.78 is 7.48. The van der Waals surface area contributed by atoms with Gasteiger partial charge in [-0.2, -0.15) is 0 Å². The minimum atomic E-state index is 0.752. The summed E-state index contributed by atoms with van der Waals surface area (Å²) >= 11 is 0. The molecule has 24 heavy (non-hydrogen) atoms. The number of fused-ring (bicyclic) bond motifs is 1. The van der Waals surface area contributed by atoms with Gasteiger partial charge in [0.1, 0.15) is 11.6 Å². The zero-order chi connectivity index (χ0) is 16.4. The summed E-state index contributed by atoms with van der Waals surface area (Å²) in [6.07, 6.45) is 3.60. The van der Waals surface area contributed by atoms with Crippen LogP contribution >= 0.6 is 0 Å². The monoisotopic (exact) mass is 315 g/mol. The van der Waals surface area contributed by atoms with Crippen molar-refractivity contribution in [2.24, 2.45) is 0 Å². The molecule has 0 fully saturated rings. The van der Waals surface area contributed by atoms with Crippen LogP contribution in [0.1, 0.15) is 5.56 Å². The van der Waals surface area contributed by atoms with E-state index in [2.05, 4.69) is 27.8 Å². The zero-order valence-electron chi connectivity index (χ0n) is 13.4. The average Bonchev–Trinajstić information content (AvgIpc) is 3.02. The van der Waals surface area contributed by atoms with Gasteiger partial charge in [0.05, 0.1) is 18.1 Å². The van der Waals surface area contributed by atoms with Crippen LogP contribution in [-0.4, -0.2) is 21.6 Å². The number of pyridine rings is 1. The lowest BCUT2D eigenvalue weighted by Gasteiger charge is -2.10. The highest BCUT2D eigenvalue weighted by atomic mass is 16.5. The number of para-hydroxylation sites is 2. The third-order valence-corrected chi connectivity index (χ3v) is 4.09. The number of imidazole rings is 1. The van der Waals surface area contributed by atoms with Crippen molar-refractivity contribution in [3.05, 3.63) is 78.6 Å². The maximum atomic E-state index is 5.24. The van der Waals surface area contributed by atoms with Gasteiger partial charge in [0.15, 0.2) is 0 Å². The van der Waals surface area contributed by atoms with Gasteiger partial charge in [0.25, 0.3) is 0 Å². The second-order valence-electron chi connectivity index (χ2n) is 5.59. The summed E-state index contributed by atoms with van der Waals surface area (Å²) in [5.74, 6) is 1.82. The van der Waals surface area contributed by atoms with Crippen molar-refractivity contribution in [3.8, 4) is 17.1 Å². The first-order chi connectivity index (χ1) is 11.8. The molecule has 4 rings (SSSR count). The predicted octanol–water partition coefficient (Wildman–Crippen LogP) is 4.16. The van der Waals surface area contributed by atoms with Crippen LogP contribution in [0.5, 0.6) is 5.75 Å². The Morgan fingerprint density at radius 3 is 2.42 bits per heavy atom. The highest BCUT2D eigenvalue weighted by Crippen LogP contribution is 2.25. The molecule has 0 atom stereocenters. The molecule has 0 spiro atoms. The largest absolute Gasteiger partial charge is 0.497 e. The summed E-state index contributed by atoms with van der Waals surface area (Å²) in [5.41, 5.74) is 4.39. The van der Waals surface area contributed by atoms with Crippen molar-refractivity contribution in [2.75, 3.05) is 7.11 Å². The zero-order valence-corrected chi connectivity index (χ0v) is 13.4. The van der Waals surface area contributed by atoms with Crippen LogP contribution < -0.4 is 4.74 Å². The van der Waals surface area contributed by atoms with E-state index in [1.54, 1.807) is 19.5 Å². The number of rotatable bonds is 4. The van der Waals surface area contributed by atoms with E-state index in [-0.39, 0.29) is 0 Å². The minimum absolute atomic E-state index is 0.752. The van der Waals surface area contributed by atoms with Crippen LogP contribution in [0.3, 0.4) is 0 Å². The van der Waals surface area contributed by atoms with Crippen LogP contribution in [-0.2, 0) is 6.54 Å². The highest BCUT2D eigenvalue weighted by molar-refractivity contribution is 5.80. The van der Waals surface area contributed by atoms with Crippen LogP contribution in [0.15, 0.2) is 73.1 Å². The number of hydrogen-bond donors (Lipinski definition) is 0. The SMILES string of the molecule is COc1ccc(Cn2c(-c3ccncc3)nc3ccccc32)cc1. The first kappa shape index (κ1) is 14.5. The number of hydrogen-bond acceptors (Lipinski definition) is 3. The second kappa shape index (κ2) is 6.16. The van der Waals surface area contributed by atoms with E-state index in [9.17, 15) is 0 Å². The number of benzene rings is 2. The third-order valence-electron chi connectivity index (χ3n) is 4.09. The average molecular weight is 315 g/mol. The van der Waals surface area contributed by atoms with E-state index in [0.717, 1.165) is 34.7 Å². The second-order valence-corrected chi connectivity index (χ2v) is 5.59. The highest BCUT2D eigenvalue weighted by Gasteiger charge is 2.12. The van der Waals surface area contributed by atoms with Gasteiger partial charge in [0, 0.05) is 24.5 Å². The van der Waals surface area contributed by atoms with E-state index in [1.807, 2.05) is 42.5 Å². The van der Waals surface area contributed by atoms with Crippen LogP contribution in [0, 0.1) is 0 Å². The Balaban J connectivity index is 1.83. The molecule has 0 unspecified atom stereocenters. The molecule has 0 aliphatic rings. The van der Waals surface area contributed by atoms with Gasteiger partial charge >= 0.3 is 0 Å². The molecule has 0 N–H and O–H groups in total. The van der Waals surface area contributed by atoms with Gasteiger partial charge in [0.2, 0.25) is 0 Å². The number of nitrogens with zero attached hydrogens (tertiary/aromatic N) is 3. The standard InChI is InChI=1S/C20H17N3O/c1-24-17-8-6-15(7-9-17)14-23-19-5-3-2-4-18(19)22-20(23)16-10-12-21-13-11-16/h2-13H,14H2,1H3. The van der Waals surface area contributed by atoms with Crippen LogP contribution in [0.4, 0.5) is 0 Å². The van der Waals surface area contributed by atoms with Crippen molar-refractivity contribution < 1.29 is 4.74 Å². The predicted molar refractivity (Wildman–Crippen MR) is 95.1 cm³/mol. The summed E-state index contributed by atoms with van der Waals surface area (Å²) in [5, 5.41) is 0. The number of aromatic nitrogens is 3. The molecule has 4 nitrogen and oxygen atoms in total. The van der Waals surface area contributed by atoms with Gasteiger partial charge in [-0.25, -0.2) is 4.98 Å². The molecular formula is C20H17N3O. The van der Waals surface area contributed by atoms with E-state index in [1.165, 1.54) is 5.56 Å². The van der Waals surface area contributed by atoms with E-state index < -0.39 is 0 Å². The lowest BCUT2D eigenvalue weighted by Crippen LogP contribution is -2.02. The Kier molecular flexibility index (Phi) is 3.71. The Bertz CT molecular complexity index is 959. The molecular weight excluding hydrogens is 298 g/mol. The van der Waals surface area contributed by atoms with Crippen LogP contribution in [0.25, 0.3) is 22.4 Å². The third kappa shape index (κ3) is 2.63. The molecule has 0 radical (unpaired) electrons. The smallest absolute Gasteiger partial charge is 0.141 e. The molecule has 0 saturated carbocycles. The molecule has 0 amide bonds. The fourth-order valence-corrected chi connectivity index (χ4v) is 2.87. The Labute approximate surface area is 140 Å². The number of methoxy groups -OCH3 is 1. The Morgan fingerprint density at radius 2 is 1.67 bits per heavy atom. The molecule has 0 saturated heterocycles. The lowest BCUT2D eigenvalue weighted by molar-refractivity contribution is 0.414. The van der Waals surface area contributed by atoms with Crippen LogP contribution in [0.2, 0.25) is 0 Å². The summed E-state index contributed by atoms with van der Waals surface area (Å²) in [4.78, 5) is 8.93. The molecule has 118 valence electrons. The van der Waals surface area contributed by atoms with Gasteiger partial charge < -0.3 is 9.30 Å². The molecule has 0 aliphatic heterocycles. The Morgan fingerprint density at radius 1 is 0.917 bits per heavy atom. The van der Waals surface area contributed by atoms with E-state index >= 15 is 0 Å². The Hall–Kier alpha value is -3.14. The molecule has 0 aliphatic carbocycles. The molecule has 4 aromatic rings. The van der Waals surface area contributed by atoms with Crippen molar-refractivity contribution >= 4 is 11.0 Å². The first-order valence-corrected chi connectivity index (χ1v) is 7.84. The normalized spacial score (nSPS) is 10.9. The summed E-state index contributed by atoms with van der Waals surface area (Å²) in [7, 11) is 1.68. The summed E-state index contributed by atoms with van der Waals surface area (Å²) in [6, 6.07) is 20.3. The minimum Gasteiger partial charge on any atom is -0.497 e. The molecule has 2 aromatic heterocycles. The van der Waals surface area contributed by atoms with Crippen molar-refractivity contribution in [1.82, 2.24) is 14.5 Å². The van der Waals surface area contributed by atoms with Gasteiger partial charge in [-0.3, -0.25) is 4.98 Å². The number of ether oxygens (including phenoxy) is 1. The summed E-state index contributed by atoms with van der Waals surface area (Å²) in [6.45, 7) is 0.752. The topological polar surface area (TPSA) is 39.9 Å². The van der Waals surface area contributed by atoms with E-state index in [4.69, 9.17) is 9.72 Å². The quantitative estimate of drug-likeness (QED) is 0.568. The first-order valence-electron chi connectivity index (χ1n) is 7.84. The fraction of sp³-hybridized carbons (Fsp3) is 0.100. The fourth-order valence-electron chi connectivity index (χ4n) is 2.87. The lowest BCUT2D eigenvalue weighted by atomic mass is 10.2. The van der Waals surface area contributed by atoms with Gasteiger partial charge in [-0.15, -0.1) is 0 Å². The maximum absolute atomic E-state index is 5.24. The molecule has 0 bridgehead atoms. The van der Waals surface area contributed by atoms with Gasteiger partial charge in [-0.05, 0) is 42.0 Å². The van der Waals surface area contributed by atoms with Crippen molar-refractivity contribution in [1.29, 1.82) is 0 Å². The van der Waals surface area contributed by atoms with Crippen molar-refractivity contribution in [2.45, 2.75) is 6.54 Å². The molecule has 2 heterocycles.